The van der Waals surface area contributed by atoms with Gasteiger partial charge in [0.15, 0.2) is 0 Å². The summed E-state index contributed by atoms with van der Waals surface area (Å²) in [4.78, 5) is 17.5. The van der Waals surface area contributed by atoms with Crippen molar-refractivity contribution in [2.24, 2.45) is 0 Å². The number of rotatable bonds is 2. The Morgan fingerprint density at radius 3 is 2.31 bits per heavy atom. The highest BCUT2D eigenvalue weighted by molar-refractivity contribution is 8.04. The number of nitrogens with one attached hydrogen (secondary N) is 1. The lowest BCUT2D eigenvalue weighted by Gasteiger charge is -2.35. The van der Waals surface area contributed by atoms with E-state index >= 15 is 0 Å². The molecule has 3 aliphatic rings. The molecule has 1 aromatic rings. The third-order valence-corrected chi connectivity index (χ3v) is 7.08. The predicted octanol–water partition coefficient (Wildman–Crippen LogP) is 4.11. The summed E-state index contributed by atoms with van der Waals surface area (Å²) in [5.41, 5.74) is 1.08. The summed E-state index contributed by atoms with van der Waals surface area (Å²) < 4.78 is 0. The van der Waals surface area contributed by atoms with E-state index in [0.29, 0.717) is 10.0 Å². The lowest BCUT2D eigenvalue weighted by Crippen LogP contribution is -2.43. The van der Waals surface area contributed by atoms with E-state index in [1.807, 2.05) is 36.4 Å². The van der Waals surface area contributed by atoms with Crippen LogP contribution < -0.4 is 5.32 Å². The number of likely N-dealkylation sites (N-methyl/N-ethyl adjacent to an activating group) is 1. The van der Waals surface area contributed by atoms with Crippen LogP contribution >= 0.6 is 35.0 Å². The third kappa shape index (κ3) is 7.15. The van der Waals surface area contributed by atoms with E-state index in [1.165, 1.54) is 0 Å². The Bertz CT molecular complexity index is 927. The van der Waals surface area contributed by atoms with Crippen LogP contribution in [0.5, 0.6) is 0 Å². The first-order valence-electron chi connectivity index (χ1n) is 10.6. The van der Waals surface area contributed by atoms with Gasteiger partial charge in [-0.05, 0) is 56.0 Å². The monoisotopic (exact) mass is 493 g/mol. The smallest absolute Gasteiger partial charge is 0.257 e. The number of aliphatic hydroxyl groups is 1. The fourth-order valence-corrected chi connectivity index (χ4v) is 4.48. The normalized spacial score (nSPS) is 25.3. The molecule has 2 fully saturated rings. The molecule has 4 rings (SSSR count). The van der Waals surface area contributed by atoms with Gasteiger partial charge in [0.25, 0.3) is 5.91 Å². The molecule has 1 atom stereocenters. The summed E-state index contributed by atoms with van der Waals surface area (Å²) in [7, 11) is 2.13. The summed E-state index contributed by atoms with van der Waals surface area (Å²) in [6, 6.07) is 7.19. The first kappa shape index (κ1) is 24.9. The second-order valence-corrected chi connectivity index (χ2v) is 10.0. The number of carbonyl (C=O) groups is 1. The zero-order chi connectivity index (χ0) is 23.1. The van der Waals surface area contributed by atoms with Crippen LogP contribution in [-0.4, -0.2) is 71.9 Å². The number of hydrogen-bond acceptors (Lipinski definition) is 5. The highest BCUT2D eigenvalue weighted by Gasteiger charge is 2.22. The second-order valence-electron chi connectivity index (χ2n) is 8.05. The number of allylic oxidation sites excluding steroid dienone is 4. The molecule has 2 N–H and O–H groups in total. The standard InChI is InChI=1S/C18H25N3O2S.C6H4Cl2/c1-18(23)5-3-14(13-16-17(22)19-7-12-24-16)15(4-6-18)21-10-8-20(2)9-11-21;7-5-3-1-2-4-6(5)8/h3-6,13,23H,7-12H2,1-2H3,(H,19,22);1-4H/b16-13-;. The van der Waals surface area contributed by atoms with Crippen molar-refractivity contribution in [3.8, 4) is 0 Å². The Kier molecular flexibility index (Phi) is 8.91. The van der Waals surface area contributed by atoms with E-state index in [1.54, 1.807) is 36.9 Å². The van der Waals surface area contributed by atoms with E-state index in [4.69, 9.17) is 23.2 Å². The summed E-state index contributed by atoms with van der Waals surface area (Å²) in [5.74, 6) is 0.885. The minimum Gasteiger partial charge on any atom is -0.382 e. The maximum atomic E-state index is 12.1. The Labute approximate surface area is 204 Å². The number of thioether (sulfide) groups is 1. The van der Waals surface area contributed by atoms with Gasteiger partial charge in [0.05, 0.1) is 20.6 Å². The molecule has 1 amide bonds. The lowest BCUT2D eigenvalue weighted by molar-refractivity contribution is -0.116. The van der Waals surface area contributed by atoms with Crippen molar-refractivity contribution < 1.29 is 9.90 Å². The van der Waals surface area contributed by atoms with Crippen LogP contribution in [0.15, 0.2) is 70.8 Å². The van der Waals surface area contributed by atoms with Gasteiger partial charge in [-0.15, -0.1) is 11.8 Å². The van der Waals surface area contributed by atoms with Gasteiger partial charge in [-0.25, -0.2) is 0 Å². The van der Waals surface area contributed by atoms with Gasteiger partial charge in [-0.1, -0.05) is 41.4 Å². The quantitative estimate of drug-likeness (QED) is 0.607. The van der Waals surface area contributed by atoms with Crippen LogP contribution in [0.1, 0.15) is 6.92 Å². The molecule has 2 heterocycles. The summed E-state index contributed by atoms with van der Waals surface area (Å²) >= 11 is 12.7. The average molecular weight is 494 g/mol. The van der Waals surface area contributed by atoms with Gasteiger partial charge in [0.1, 0.15) is 0 Å². The highest BCUT2D eigenvalue weighted by atomic mass is 35.5. The number of benzene rings is 1. The van der Waals surface area contributed by atoms with Gasteiger partial charge >= 0.3 is 0 Å². The van der Waals surface area contributed by atoms with Crippen molar-refractivity contribution in [2.75, 3.05) is 45.5 Å². The number of carbonyl (C=O) groups excluding carboxylic acids is 1. The highest BCUT2D eigenvalue weighted by Crippen LogP contribution is 2.27. The lowest BCUT2D eigenvalue weighted by atomic mass is 10.1. The maximum Gasteiger partial charge on any atom is 0.257 e. The number of amides is 1. The largest absolute Gasteiger partial charge is 0.382 e. The van der Waals surface area contributed by atoms with Crippen LogP contribution in [0.25, 0.3) is 0 Å². The molecule has 0 radical (unpaired) electrons. The molecule has 2 aliphatic heterocycles. The van der Waals surface area contributed by atoms with E-state index in [0.717, 1.165) is 54.7 Å². The van der Waals surface area contributed by atoms with Gasteiger partial charge in [0.2, 0.25) is 0 Å². The van der Waals surface area contributed by atoms with Crippen molar-refractivity contribution in [1.82, 2.24) is 15.1 Å². The zero-order valence-corrected chi connectivity index (χ0v) is 20.7. The van der Waals surface area contributed by atoms with E-state index in [9.17, 15) is 9.90 Å². The molecule has 1 aromatic carbocycles. The van der Waals surface area contributed by atoms with Crippen LogP contribution in [0.2, 0.25) is 10.0 Å². The van der Waals surface area contributed by atoms with Gasteiger partial charge < -0.3 is 20.2 Å². The maximum absolute atomic E-state index is 12.1. The van der Waals surface area contributed by atoms with Crippen molar-refractivity contribution in [3.63, 3.8) is 0 Å². The van der Waals surface area contributed by atoms with E-state index < -0.39 is 5.60 Å². The SMILES string of the molecule is CN1CCN(C2=C(/C=C3\SCCNC3=O)C=CC(C)(O)C=C2)CC1.Clc1ccccc1Cl. The Hall–Kier alpha value is -1.70. The Balaban J connectivity index is 0.000000305. The third-order valence-electron chi connectivity index (χ3n) is 5.30. The molecule has 8 heteroatoms. The molecular formula is C24H29Cl2N3O2S. The molecule has 0 saturated carbocycles. The molecule has 5 nitrogen and oxygen atoms in total. The molecule has 1 aliphatic carbocycles. The van der Waals surface area contributed by atoms with Crippen molar-refractivity contribution in [3.05, 3.63) is 80.9 Å². The first-order chi connectivity index (χ1) is 15.2. The number of piperazine rings is 1. The van der Waals surface area contributed by atoms with Crippen LogP contribution in [0, 0.1) is 0 Å². The predicted molar refractivity (Wildman–Crippen MR) is 135 cm³/mol. The van der Waals surface area contributed by atoms with Gasteiger partial charge in [-0.3, -0.25) is 4.79 Å². The van der Waals surface area contributed by atoms with Gasteiger partial charge in [-0.2, -0.15) is 0 Å². The zero-order valence-electron chi connectivity index (χ0n) is 18.4. The fraction of sp³-hybridized carbons (Fsp3) is 0.375. The fourth-order valence-electron chi connectivity index (χ4n) is 3.37. The summed E-state index contributed by atoms with van der Waals surface area (Å²) in [5, 5.41) is 14.5. The number of hydrogen-bond donors (Lipinski definition) is 2. The molecule has 172 valence electrons. The minimum atomic E-state index is -0.972. The van der Waals surface area contributed by atoms with Crippen molar-refractivity contribution in [1.29, 1.82) is 0 Å². The topological polar surface area (TPSA) is 55.8 Å². The summed E-state index contributed by atoms with van der Waals surface area (Å²) in [6.45, 7) is 6.39. The van der Waals surface area contributed by atoms with E-state index in [2.05, 4.69) is 22.2 Å². The van der Waals surface area contributed by atoms with Crippen LogP contribution in [0.4, 0.5) is 0 Å². The Morgan fingerprint density at radius 1 is 1.09 bits per heavy atom. The number of nitrogens with zero attached hydrogens (tertiary/aromatic N) is 2. The Morgan fingerprint density at radius 2 is 1.72 bits per heavy atom. The molecule has 2 saturated heterocycles. The minimum absolute atomic E-state index is 0.00938. The van der Waals surface area contributed by atoms with Crippen LogP contribution in [0.3, 0.4) is 0 Å². The van der Waals surface area contributed by atoms with Crippen molar-refractivity contribution in [2.45, 2.75) is 12.5 Å². The van der Waals surface area contributed by atoms with Crippen molar-refractivity contribution >= 4 is 40.9 Å². The molecular weight excluding hydrogens is 465 g/mol. The molecule has 0 aromatic heterocycles. The van der Waals surface area contributed by atoms with E-state index in [-0.39, 0.29) is 5.91 Å². The first-order valence-corrected chi connectivity index (χ1v) is 12.3. The molecule has 0 spiro atoms. The van der Waals surface area contributed by atoms with Crippen LogP contribution in [-0.2, 0) is 4.79 Å². The van der Waals surface area contributed by atoms with Gasteiger partial charge in [0, 0.05) is 44.2 Å². The average Bonchev–Trinajstić information content (AvgIpc) is 2.91. The molecule has 32 heavy (non-hydrogen) atoms. The molecule has 1 unspecified atom stereocenters. The number of halogens is 2. The molecule has 0 bridgehead atoms. The summed E-state index contributed by atoms with van der Waals surface area (Å²) in [6.07, 6.45) is 9.47. The second kappa shape index (κ2) is 11.4.